The second kappa shape index (κ2) is 36.0. The Morgan fingerprint density at radius 1 is 0.412 bits per heavy atom. The van der Waals surface area contributed by atoms with Crippen molar-refractivity contribution in [2.24, 2.45) is 0 Å². The number of aromatic carboxylic acids is 2. The SMILES string of the molecule is C.C.C.C.C.CCOC(=O)Cc1cccc2c(=O)c3ccc(C)c(C)c3oc12.Cc1ccc2c(=O)c3cccc(Br)c3oc2c1C.Cc1ccc2c(=O)c3cccc(CC(=O)O)c3oc2c1C.Cc1cccc(Oc2c(Br)cccc2C(=O)O)c1C.O=C(O)c1cccc(Br)c1I. The molecule has 0 aliphatic heterocycles. The smallest absolute Gasteiger partial charge is 0.339 e. The molecule has 510 valence electrons. The standard InChI is InChI=1S/C19H18O4.C17H14O4.C15H13BrO3.C15H11BrO2.C7H4BrIO2.5CH4/c1-4-22-16(20)10-13-6-5-7-14-17(21)15-9-8-11(2)12(3)18(15)23-19(13)14;1-9-6-7-13-15(20)12-5-3-4-11(8-14(18)19)17(12)21-16(13)10(9)2;1-9-5-3-8-13(10(9)2)19-14-11(15(17)18)6-4-7-12(14)16;1-8-6-7-11-13(17)10-4-3-5-12(16)15(10)18-14(11)9(8)2;8-5-3-1-2-4(6(5)9)7(10)11;;;;;/h5-9H,4,10H2,1-3H3;3-7H,8H2,1-2H3,(H,18,19);3-8H,1-2H3,(H,17,18);3-7H,1-2H3;1-3H,(H,10,11);5*1H4. The van der Waals surface area contributed by atoms with Crippen molar-refractivity contribution in [2.75, 3.05) is 6.61 Å². The van der Waals surface area contributed by atoms with Gasteiger partial charge in [-0.1, -0.05) is 110 Å². The molecule has 3 heterocycles. The summed E-state index contributed by atoms with van der Waals surface area (Å²) < 4.78 is 31.6. The van der Waals surface area contributed by atoms with Crippen LogP contribution in [0.5, 0.6) is 11.5 Å². The molecule has 0 saturated carbocycles. The molecule has 0 bridgehead atoms. The van der Waals surface area contributed by atoms with Crippen molar-refractivity contribution in [2.45, 2.75) is 112 Å². The van der Waals surface area contributed by atoms with E-state index in [0.717, 1.165) is 57.0 Å². The highest BCUT2D eigenvalue weighted by molar-refractivity contribution is 14.1. The topological polar surface area (TPSA) is 238 Å². The molecule has 3 N–H and O–H groups in total. The number of para-hydroxylation sites is 4. The zero-order valence-corrected chi connectivity index (χ0v) is 58.1. The predicted molar refractivity (Wildman–Crippen MR) is 412 cm³/mol. The number of carbonyl (C=O) groups is 4. The molecule has 9 aromatic carbocycles. The summed E-state index contributed by atoms with van der Waals surface area (Å²) in [5.41, 5.74) is 12.9. The second-order valence-corrected chi connectivity index (χ2v) is 25.0. The molecule has 0 saturated heterocycles. The summed E-state index contributed by atoms with van der Waals surface area (Å²) in [5.74, 6) is -2.20. The lowest BCUT2D eigenvalue weighted by molar-refractivity contribution is -0.142. The number of aryl methyl sites for hydroxylation is 7. The lowest BCUT2D eigenvalue weighted by Gasteiger charge is -2.13. The number of hydrogen-bond donors (Lipinski definition) is 3. The van der Waals surface area contributed by atoms with Crippen molar-refractivity contribution in [3.63, 3.8) is 0 Å². The first-order chi connectivity index (χ1) is 43.7. The van der Waals surface area contributed by atoms with E-state index in [9.17, 15) is 38.7 Å². The van der Waals surface area contributed by atoms with Gasteiger partial charge >= 0.3 is 23.9 Å². The average molecular weight is 1620 g/mol. The molecule has 3 aromatic heterocycles. The summed E-state index contributed by atoms with van der Waals surface area (Å²) in [6.45, 7) is 17.8. The number of ether oxygens (including phenoxy) is 2. The Morgan fingerprint density at radius 2 is 0.773 bits per heavy atom. The summed E-state index contributed by atoms with van der Waals surface area (Å²) in [6.07, 6.45) is -0.0822. The van der Waals surface area contributed by atoms with Gasteiger partial charge < -0.3 is 38.0 Å². The lowest BCUT2D eigenvalue weighted by atomic mass is 10.0. The van der Waals surface area contributed by atoms with Crippen LogP contribution < -0.4 is 21.0 Å². The van der Waals surface area contributed by atoms with Crippen molar-refractivity contribution in [3.8, 4) is 11.5 Å². The first-order valence-electron chi connectivity index (χ1n) is 28.5. The molecule has 19 heteroatoms. The van der Waals surface area contributed by atoms with E-state index < -0.39 is 17.9 Å². The van der Waals surface area contributed by atoms with Crippen LogP contribution in [0.2, 0.25) is 0 Å². The maximum absolute atomic E-state index is 12.7. The van der Waals surface area contributed by atoms with E-state index in [0.29, 0.717) is 105 Å². The van der Waals surface area contributed by atoms with Gasteiger partial charge in [0.25, 0.3) is 0 Å². The number of aliphatic carboxylic acids is 1. The first-order valence-corrected chi connectivity index (χ1v) is 32.0. The molecule has 0 aliphatic rings. The zero-order valence-electron chi connectivity index (χ0n) is 51.2. The van der Waals surface area contributed by atoms with Gasteiger partial charge in [-0.3, -0.25) is 24.0 Å². The Hall–Kier alpha value is -8.76. The van der Waals surface area contributed by atoms with Crippen LogP contribution >= 0.6 is 70.4 Å². The van der Waals surface area contributed by atoms with E-state index >= 15 is 0 Å². The molecule has 0 amide bonds. The van der Waals surface area contributed by atoms with Gasteiger partial charge in [-0.25, -0.2) is 9.59 Å². The Labute approximate surface area is 603 Å². The summed E-state index contributed by atoms with van der Waals surface area (Å²) in [5, 5.41) is 30.1. The zero-order chi connectivity index (χ0) is 67.0. The van der Waals surface area contributed by atoms with Crippen molar-refractivity contribution in [1.29, 1.82) is 0 Å². The molecular weight excluding hydrogens is 1540 g/mol. The van der Waals surface area contributed by atoms with Gasteiger partial charge in [-0.2, -0.15) is 0 Å². The van der Waals surface area contributed by atoms with Gasteiger partial charge in [-0.15, -0.1) is 0 Å². The molecule has 0 fully saturated rings. The third kappa shape index (κ3) is 18.5. The number of esters is 1. The molecule has 97 heavy (non-hydrogen) atoms. The third-order valence-corrected chi connectivity index (χ3v) is 19.2. The number of fused-ring (bicyclic) bond motifs is 6. The fourth-order valence-corrected chi connectivity index (χ4v) is 11.7. The van der Waals surface area contributed by atoms with Gasteiger partial charge in [0.1, 0.15) is 39.2 Å². The van der Waals surface area contributed by atoms with Crippen LogP contribution in [0.15, 0.2) is 187 Å². The number of rotatable bonds is 9. The van der Waals surface area contributed by atoms with Crippen LogP contribution in [0.25, 0.3) is 65.8 Å². The van der Waals surface area contributed by atoms with Crippen LogP contribution in [0, 0.1) is 59.0 Å². The largest absolute Gasteiger partial charge is 0.481 e. The van der Waals surface area contributed by atoms with Crippen LogP contribution in [0.3, 0.4) is 0 Å². The molecule has 0 aliphatic carbocycles. The maximum atomic E-state index is 12.7. The van der Waals surface area contributed by atoms with Crippen LogP contribution in [0.1, 0.15) is 120 Å². The molecule has 15 nitrogen and oxygen atoms in total. The van der Waals surface area contributed by atoms with Crippen LogP contribution in [0.4, 0.5) is 0 Å². The minimum absolute atomic E-state index is 0. The molecule has 12 aromatic rings. The first kappa shape index (κ1) is 82.5. The summed E-state index contributed by atoms with van der Waals surface area (Å²) in [6, 6.07) is 42.7. The summed E-state index contributed by atoms with van der Waals surface area (Å²) in [7, 11) is 0. The Balaban J connectivity index is 0.000000316. The van der Waals surface area contributed by atoms with Crippen molar-refractivity contribution in [1.82, 2.24) is 0 Å². The molecular formula is C78H80Br3IO15. The Morgan fingerprint density at radius 3 is 1.21 bits per heavy atom. The van der Waals surface area contributed by atoms with Crippen LogP contribution in [-0.4, -0.2) is 45.8 Å². The summed E-state index contributed by atoms with van der Waals surface area (Å²) in [4.78, 5) is 82.3. The maximum Gasteiger partial charge on any atom is 0.339 e. The molecule has 12 rings (SSSR count). The average Bonchev–Trinajstić information content (AvgIpc) is 0.774. The van der Waals surface area contributed by atoms with Gasteiger partial charge in [0.05, 0.1) is 66.3 Å². The number of halogens is 4. The fraction of sp³-hybridized carbons (Fsp3) is 0.218. The lowest BCUT2D eigenvalue weighted by Crippen LogP contribution is -2.09. The summed E-state index contributed by atoms with van der Waals surface area (Å²) >= 11 is 12.0. The molecule has 0 spiro atoms. The van der Waals surface area contributed by atoms with E-state index in [4.69, 9.17) is 32.9 Å². The molecule has 0 atom stereocenters. The van der Waals surface area contributed by atoms with Crippen molar-refractivity contribution >= 4 is 160 Å². The highest BCUT2D eigenvalue weighted by Gasteiger charge is 2.20. The second-order valence-electron chi connectivity index (χ2n) is 21.3. The molecule has 0 unspecified atom stereocenters. The van der Waals surface area contributed by atoms with E-state index in [1.54, 1.807) is 85.8 Å². The Bertz CT molecular complexity index is 5110. The van der Waals surface area contributed by atoms with E-state index in [-0.39, 0.29) is 77.8 Å². The molecule has 0 radical (unpaired) electrons. The number of benzene rings is 9. The monoisotopic (exact) mass is 1620 g/mol. The van der Waals surface area contributed by atoms with E-state index in [1.807, 2.05) is 139 Å². The van der Waals surface area contributed by atoms with Gasteiger partial charge in [0.15, 0.2) is 11.3 Å². The van der Waals surface area contributed by atoms with Crippen LogP contribution in [-0.2, 0) is 27.2 Å². The number of hydrogen-bond acceptors (Lipinski definition) is 12. The van der Waals surface area contributed by atoms with E-state index in [2.05, 4.69) is 47.8 Å². The predicted octanol–water partition coefficient (Wildman–Crippen LogP) is 21.7. The minimum atomic E-state index is -1.01. The van der Waals surface area contributed by atoms with Gasteiger partial charge in [0.2, 0.25) is 16.3 Å². The number of carbonyl (C=O) groups excluding carboxylic acids is 1. The van der Waals surface area contributed by atoms with E-state index in [1.165, 1.54) is 6.07 Å². The third-order valence-electron chi connectivity index (χ3n) is 15.4. The highest BCUT2D eigenvalue weighted by Crippen LogP contribution is 2.36. The van der Waals surface area contributed by atoms with Gasteiger partial charge in [0, 0.05) is 19.2 Å². The minimum Gasteiger partial charge on any atom is -0.481 e. The van der Waals surface area contributed by atoms with Crippen molar-refractivity contribution in [3.05, 3.63) is 260 Å². The number of carboxylic acid groups (broad SMARTS) is 3. The van der Waals surface area contributed by atoms with Gasteiger partial charge in [-0.05, 0) is 250 Å². The quantitative estimate of drug-likeness (QED) is 0.0692. The normalized spacial score (nSPS) is 10.2. The Kier molecular flexibility index (Phi) is 30.6. The fourth-order valence-electron chi connectivity index (χ4n) is 9.81. The highest BCUT2D eigenvalue weighted by atomic mass is 127. The van der Waals surface area contributed by atoms with Crippen molar-refractivity contribution < 1.29 is 57.2 Å². The number of carboxylic acids is 3.